The maximum atomic E-state index is 13.2. The summed E-state index contributed by atoms with van der Waals surface area (Å²) in [7, 11) is 0. The first-order chi connectivity index (χ1) is 16.1. The number of urea groups is 1. The second-order valence-corrected chi connectivity index (χ2v) is 8.85. The average Bonchev–Trinajstić information content (AvgIpc) is 3.15. The molecular weight excluding hydrogens is 443 g/mol. The van der Waals surface area contributed by atoms with Gasteiger partial charge in [0.05, 0.1) is 18.1 Å². The molecule has 1 aliphatic heterocycles. The third-order valence-electron chi connectivity index (χ3n) is 5.26. The molecule has 0 spiro atoms. The van der Waals surface area contributed by atoms with Crippen molar-refractivity contribution in [1.82, 2.24) is 20.2 Å². The van der Waals surface area contributed by atoms with Crippen LogP contribution in [0.15, 0.2) is 48.8 Å². The van der Waals surface area contributed by atoms with Crippen LogP contribution in [0, 0.1) is 11.7 Å². The van der Waals surface area contributed by atoms with Gasteiger partial charge in [0, 0.05) is 44.5 Å². The number of thiazole rings is 1. The van der Waals surface area contributed by atoms with Crippen molar-refractivity contribution in [1.29, 1.82) is 0 Å². The zero-order chi connectivity index (χ0) is 23.0. The fraction of sp³-hybridized carbons (Fsp3) is 0.348. The molecule has 33 heavy (non-hydrogen) atoms. The van der Waals surface area contributed by atoms with Crippen molar-refractivity contribution in [2.75, 3.05) is 44.7 Å². The minimum absolute atomic E-state index is 0.103. The van der Waals surface area contributed by atoms with Crippen molar-refractivity contribution in [3.8, 4) is 10.4 Å². The Morgan fingerprint density at radius 1 is 1.27 bits per heavy atom. The molecule has 1 fully saturated rings. The average molecular weight is 471 g/mol. The number of amides is 2. The first-order valence-corrected chi connectivity index (χ1v) is 11.7. The van der Waals surface area contributed by atoms with Crippen molar-refractivity contribution in [2.24, 2.45) is 11.7 Å². The van der Waals surface area contributed by atoms with Gasteiger partial charge >= 0.3 is 6.03 Å². The van der Waals surface area contributed by atoms with Gasteiger partial charge < -0.3 is 26.0 Å². The van der Waals surface area contributed by atoms with Crippen molar-refractivity contribution in [3.05, 3.63) is 60.2 Å². The zero-order valence-corrected chi connectivity index (χ0v) is 19.0. The summed E-state index contributed by atoms with van der Waals surface area (Å²) < 4.78 is 18.9. The predicted octanol–water partition coefficient (Wildman–Crippen LogP) is 3.25. The van der Waals surface area contributed by atoms with Gasteiger partial charge in [-0.1, -0.05) is 23.5 Å². The quantitative estimate of drug-likeness (QED) is 0.490. The molecule has 0 saturated carbocycles. The van der Waals surface area contributed by atoms with Crippen molar-refractivity contribution < 1.29 is 13.9 Å². The van der Waals surface area contributed by atoms with Crippen LogP contribution in [0.1, 0.15) is 5.56 Å². The Labute approximate surface area is 196 Å². The van der Waals surface area contributed by atoms with Crippen LogP contribution >= 0.6 is 11.3 Å². The molecule has 1 saturated heterocycles. The number of benzene rings is 1. The number of carbonyl (C=O) groups excluding carboxylic acids is 1. The molecule has 174 valence electrons. The van der Waals surface area contributed by atoms with Gasteiger partial charge in [0.15, 0.2) is 5.13 Å². The lowest BCUT2D eigenvalue weighted by molar-refractivity contribution is 0.122. The largest absolute Gasteiger partial charge is 0.379 e. The fourth-order valence-electron chi connectivity index (χ4n) is 3.67. The number of ether oxygens (including phenoxy) is 1. The van der Waals surface area contributed by atoms with Crippen LogP contribution < -0.4 is 16.4 Å². The molecule has 10 heteroatoms. The summed E-state index contributed by atoms with van der Waals surface area (Å²) in [5, 5.41) is 6.79. The molecule has 2 aromatic heterocycles. The van der Waals surface area contributed by atoms with Gasteiger partial charge in [-0.05, 0) is 41.8 Å². The Morgan fingerprint density at radius 2 is 2.12 bits per heavy atom. The summed E-state index contributed by atoms with van der Waals surface area (Å²) in [5.41, 5.74) is 7.50. The van der Waals surface area contributed by atoms with Crippen molar-refractivity contribution in [2.45, 2.75) is 6.42 Å². The van der Waals surface area contributed by atoms with E-state index in [9.17, 15) is 9.18 Å². The van der Waals surface area contributed by atoms with Crippen LogP contribution in [0.4, 0.5) is 20.1 Å². The number of rotatable bonds is 7. The number of hydrogen-bond acceptors (Lipinski definition) is 7. The van der Waals surface area contributed by atoms with E-state index in [1.54, 1.807) is 29.4 Å². The van der Waals surface area contributed by atoms with Gasteiger partial charge in [0.25, 0.3) is 0 Å². The number of nitrogens with one attached hydrogen (secondary N) is 2. The van der Waals surface area contributed by atoms with Crippen LogP contribution in [0.2, 0.25) is 0 Å². The van der Waals surface area contributed by atoms with Gasteiger partial charge in [-0.15, -0.1) is 0 Å². The Balaban J connectivity index is 1.38. The first kappa shape index (κ1) is 23.1. The fourth-order valence-corrected chi connectivity index (χ4v) is 4.50. The summed E-state index contributed by atoms with van der Waals surface area (Å²) in [5.74, 6) is 0.608. The molecule has 1 atom stereocenters. The van der Waals surface area contributed by atoms with Crippen molar-refractivity contribution in [3.63, 3.8) is 0 Å². The molecule has 0 aliphatic carbocycles. The predicted molar refractivity (Wildman–Crippen MR) is 127 cm³/mol. The van der Waals surface area contributed by atoms with Gasteiger partial charge in [-0.25, -0.2) is 19.2 Å². The molecule has 8 nitrogen and oxygen atoms in total. The lowest BCUT2D eigenvalue weighted by atomic mass is 10.0. The molecular formula is C23H27FN6O2S. The van der Waals surface area contributed by atoms with E-state index in [0.717, 1.165) is 22.4 Å². The maximum absolute atomic E-state index is 13.2. The summed E-state index contributed by atoms with van der Waals surface area (Å²) in [6.07, 6.45) is 4.28. The van der Waals surface area contributed by atoms with Crippen LogP contribution in [0.3, 0.4) is 0 Å². The molecule has 0 unspecified atom stereocenters. The minimum atomic E-state index is -0.263. The number of carbonyl (C=O) groups is 1. The highest BCUT2D eigenvalue weighted by atomic mass is 32.1. The lowest BCUT2D eigenvalue weighted by Crippen LogP contribution is -2.44. The maximum Gasteiger partial charge on any atom is 0.317 e. The highest BCUT2D eigenvalue weighted by Crippen LogP contribution is 2.30. The molecule has 3 aromatic rings. The molecule has 1 aliphatic rings. The lowest BCUT2D eigenvalue weighted by Gasteiger charge is -2.24. The minimum Gasteiger partial charge on any atom is -0.379 e. The van der Waals surface area contributed by atoms with Gasteiger partial charge in [0.2, 0.25) is 0 Å². The number of nitrogens with zero attached hydrogens (tertiary/aromatic N) is 3. The van der Waals surface area contributed by atoms with Crippen LogP contribution in [0.25, 0.3) is 10.4 Å². The van der Waals surface area contributed by atoms with Gasteiger partial charge in [-0.3, -0.25) is 0 Å². The SMILES string of the molecule is NCCNC(=O)N1CCOC[C@H](Cc2ccnc(Nc3ncc(-c4ccc(F)cc4)s3)c2)C1. The molecule has 0 radical (unpaired) electrons. The molecule has 4 N–H and O–H groups in total. The number of halogens is 1. The smallest absolute Gasteiger partial charge is 0.317 e. The standard InChI is InChI=1S/C23H27FN6O2S/c24-19-3-1-18(2-4-19)20-13-28-22(33-20)29-21-12-16(5-7-26-21)11-17-14-30(9-10-32-15-17)23(31)27-8-6-25/h1-5,7,12-13,17H,6,8-11,14-15,25H2,(H,27,31)(H,26,28,29)/t17-/m1/s1. The number of pyridine rings is 1. The third kappa shape index (κ3) is 6.47. The number of anilines is 2. The second kappa shape index (κ2) is 11.2. The van der Waals surface area contributed by atoms with Crippen LogP contribution in [-0.4, -0.2) is 60.3 Å². The molecule has 4 rings (SSSR count). The summed E-state index contributed by atoms with van der Waals surface area (Å²) in [4.78, 5) is 23.9. The molecule has 1 aromatic carbocycles. The van der Waals surface area contributed by atoms with E-state index in [1.165, 1.54) is 23.5 Å². The number of aromatic nitrogens is 2. The number of nitrogens with two attached hydrogens (primary N) is 1. The van der Waals surface area contributed by atoms with Crippen LogP contribution in [-0.2, 0) is 11.2 Å². The number of hydrogen-bond donors (Lipinski definition) is 3. The highest BCUT2D eigenvalue weighted by Gasteiger charge is 2.22. The normalized spacial score (nSPS) is 16.3. The Morgan fingerprint density at radius 3 is 2.94 bits per heavy atom. The van der Waals surface area contributed by atoms with E-state index in [4.69, 9.17) is 10.5 Å². The van der Waals surface area contributed by atoms with Crippen molar-refractivity contribution >= 4 is 28.3 Å². The van der Waals surface area contributed by atoms with E-state index < -0.39 is 0 Å². The molecule has 2 amide bonds. The Kier molecular flexibility index (Phi) is 7.82. The van der Waals surface area contributed by atoms with E-state index in [2.05, 4.69) is 20.6 Å². The monoisotopic (exact) mass is 470 g/mol. The Bertz CT molecular complexity index is 1060. The topological polar surface area (TPSA) is 105 Å². The third-order valence-corrected chi connectivity index (χ3v) is 6.23. The first-order valence-electron chi connectivity index (χ1n) is 10.8. The van der Waals surface area contributed by atoms with E-state index in [-0.39, 0.29) is 17.8 Å². The second-order valence-electron chi connectivity index (χ2n) is 7.82. The van der Waals surface area contributed by atoms with E-state index >= 15 is 0 Å². The molecule has 3 heterocycles. The zero-order valence-electron chi connectivity index (χ0n) is 18.2. The summed E-state index contributed by atoms with van der Waals surface area (Å²) in [6.45, 7) is 3.18. The van der Waals surface area contributed by atoms with E-state index in [0.29, 0.717) is 50.3 Å². The molecule has 0 bridgehead atoms. The van der Waals surface area contributed by atoms with Gasteiger partial charge in [0.1, 0.15) is 11.6 Å². The summed E-state index contributed by atoms with van der Waals surface area (Å²) >= 11 is 1.48. The van der Waals surface area contributed by atoms with Gasteiger partial charge in [-0.2, -0.15) is 0 Å². The highest BCUT2D eigenvalue weighted by molar-refractivity contribution is 7.18. The summed E-state index contributed by atoms with van der Waals surface area (Å²) in [6, 6.07) is 10.2. The van der Waals surface area contributed by atoms with E-state index in [1.807, 2.05) is 12.1 Å². The van der Waals surface area contributed by atoms with Crippen LogP contribution in [0.5, 0.6) is 0 Å². The Hall–Kier alpha value is -3.08.